The molecule has 1 aromatic heterocycles. The molecule has 19 heavy (non-hydrogen) atoms. The molecule has 1 heterocycles. The summed E-state index contributed by atoms with van der Waals surface area (Å²) in [7, 11) is 1.82. The monoisotopic (exact) mass is 401 g/mol. The Hall–Kier alpha value is -0.650. The van der Waals surface area contributed by atoms with E-state index in [9.17, 15) is 4.79 Å². The number of hydrogen-bond donors (Lipinski definition) is 0. The fourth-order valence-corrected chi connectivity index (χ4v) is 3.43. The SMILES string of the molecule is Cc1cccc(C(=O)N(C)Cc2csc(Br)c2)c1Br. The Labute approximate surface area is 133 Å². The number of aryl methyl sites for hydroxylation is 1. The number of benzene rings is 1. The molecule has 0 aliphatic carbocycles. The molecule has 100 valence electrons. The largest absolute Gasteiger partial charge is 0.337 e. The van der Waals surface area contributed by atoms with Crippen LogP contribution >= 0.6 is 43.2 Å². The van der Waals surface area contributed by atoms with Gasteiger partial charge in [0.05, 0.1) is 9.35 Å². The van der Waals surface area contributed by atoms with Gasteiger partial charge in [-0.3, -0.25) is 4.79 Å². The second-order valence-electron chi connectivity index (χ2n) is 4.36. The molecule has 0 bridgehead atoms. The number of halogens is 2. The van der Waals surface area contributed by atoms with Crippen molar-refractivity contribution in [1.29, 1.82) is 0 Å². The lowest BCUT2D eigenvalue weighted by atomic mass is 10.1. The number of hydrogen-bond acceptors (Lipinski definition) is 2. The zero-order valence-electron chi connectivity index (χ0n) is 10.6. The molecule has 0 fully saturated rings. The lowest BCUT2D eigenvalue weighted by molar-refractivity contribution is 0.0784. The van der Waals surface area contributed by atoms with E-state index in [0.717, 1.165) is 19.4 Å². The summed E-state index contributed by atoms with van der Waals surface area (Å²) in [5, 5.41) is 2.05. The molecule has 2 aromatic rings. The van der Waals surface area contributed by atoms with E-state index in [0.29, 0.717) is 12.1 Å². The van der Waals surface area contributed by atoms with Crippen LogP contribution in [0.15, 0.2) is 37.9 Å². The van der Waals surface area contributed by atoms with Crippen molar-refractivity contribution in [1.82, 2.24) is 4.90 Å². The number of rotatable bonds is 3. The Morgan fingerprint density at radius 3 is 2.74 bits per heavy atom. The molecule has 0 unspecified atom stereocenters. The van der Waals surface area contributed by atoms with Gasteiger partial charge in [0.2, 0.25) is 0 Å². The predicted octanol–water partition coefficient (Wildman–Crippen LogP) is 4.85. The summed E-state index contributed by atoms with van der Waals surface area (Å²) < 4.78 is 1.96. The fourth-order valence-electron chi connectivity index (χ4n) is 1.79. The molecule has 0 atom stereocenters. The van der Waals surface area contributed by atoms with E-state index in [1.165, 1.54) is 0 Å². The zero-order valence-corrected chi connectivity index (χ0v) is 14.6. The van der Waals surface area contributed by atoms with Crippen molar-refractivity contribution in [2.45, 2.75) is 13.5 Å². The van der Waals surface area contributed by atoms with Gasteiger partial charge < -0.3 is 4.90 Å². The van der Waals surface area contributed by atoms with E-state index in [4.69, 9.17) is 0 Å². The highest BCUT2D eigenvalue weighted by Gasteiger charge is 2.16. The molecular formula is C14H13Br2NOS. The first-order valence-electron chi connectivity index (χ1n) is 5.72. The second-order valence-corrected chi connectivity index (χ2v) is 7.44. The molecule has 0 aliphatic heterocycles. The minimum atomic E-state index is 0.0258. The maximum atomic E-state index is 12.4. The van der Waals surface area contributed by atoms with Gasteiger partial charge in [0.1, 0.15) is 0 Å². The van der Waals surface area contributed by atoms with E-state index in [1.807, 2.05) is 38.2 Å². The Morgan fingerprint density at radius 2 is 2.11 bits per heavy atom. The maximum Gasteiger partial charge on any atom is 0.255 e. The smallest absolute Gasteiger partial charge is 0.255 e. The Balaban J connectivity index is 2.17. The molecule has 0 saturated carbocycles. The van der Waals surface area contributed by atoms with Gasteiger partial charge in [-0.25, -0.2) is 0 Å². The molecule has 0 saturated heterocycles. The van der Waals surface area contributed by atoms with E-state index in [2.05, 4.69) is 37.2 Å². The van der Waals surface area contributed by atoms with Crippen LogP contribution in [0, 0.1) is 6.92 Å². The van der Waals surface area contributed by atoms with Gasteiger partial charge >= 0.3 is 0 Å². The summed E-state index contributed by atoms with van der Waals surface area (Å²) in [5.74, 6) is 0.0258. The third kappa shape index (κ3) is 3.46. The number of amides is 1. The number of thiophene rings is 1. The highest BCUT2D eigenvalue weighted by Crippen LogP contribution is 2.24. The Bertz CT molecular complexity index is 609. The highest BCUT2D eigenvalue weighted by atomic mass is 79.9. The van der Waals surface area contributed by atoms with Crippen LogP contribution in [-0.2, 0) is 6.54 Å². The van der Waals surface area contributed by atoms with Crippen LogP contribution in [0.2, 0.25) is 0 Å². The summed E-state index contributed by atoms with van der Waals surface area (Å²) in [4.78, 5) is 14.1. The van der Waals surface area contributed by atoms with Crippen molar-refractivity contribution in [2.75, 3.05) is 7.05 Å². The predicted molar refractivity (Wildman–Crippen MR) is 86.7 cm³/mol. The molecule has 2 nitrogen and oxygen atoms in total. The highest BCUT2D eigenvalue weighted by molar-refractivity contribution is 9.11. The first-order chi connectivity index (χ1) is 8.99. The normalized spacial score (nSPS) is 10.5. The first-order valence-corrected chi connectivity index (χ1v) is 8.19. The maximum absolute atomic E-state index is 12.4. The van der Waals surface area contributed by atoms with Crippen LogP contribution < -0.4 is 0 Å². The van der Waals surface area contributed by atoms with Crippen molar-refractivity contribution >= 4 is 49.1 Å². The number of carbonyl (C=O) groups excluding carboxylic acids is 1. The van der Waals surface area contributed by atoms with Crippen molar-refractivity contribution in [3.05, 3.63) is 54.6 Å². The van der Waals surface area contributed by atoms with Gasteiger partial charge in [-0.05, 0) is 67.4 Å². The number of carbonyl (C=O) groups is 1. The molecular weight excluding hydrogens is 390 g/mol. The lowest BCUT2D eigenvalue weighted by Gasteiger charge is -2.18. The first kappa shape index (κ1) is 14.8. The molecule has 1 aromatic carbocycles. The summed E-state index contributed by atoms with van der Waals surface area (Å²) in [6, 6.07) is 7.78. The quantitative estimate of drug-likeness (QED) is 0.718. The fraction of sp³-hybridized carbons (Fsp3) is 0.214. The average molecular weight is 403 g/mol. The molecule has 1 amide bonds. The Morgan fingerprint density at radius 1 is 1.37 bits per heavy atom. The van der Waals surface area contributed by atoms with Crippen LogP contribution in [0.25, 0.3) is 0 Å². The van der Waals surface area contributed by atoms with E-state index < -0.39 is 0 Å². The lowest BCUT2D eigenvalue weighted by Crippen LogP contribution is -2.26. The van der Waals surface area contributed by atoms with Gasteiger partial charge in [0.25, 0.3) is 5.91 Å². The van der Waals surface area contributed by atoms with Gasteiger partial charge in [-0.1, -0.05) is 12.1 Å². The van der Waals surface area contributed by atoms with Gasteiger partial charge in [-0.15, -0.1) is 11.3 Å². The van der Waals surface area contributed by atoms with Crippen LogP contribution in [-0.4, -0.2) is 17.9 Å². The van der Waals surface area contributed by atoms with Crippen molar-refractivity contribution < 1.29 is 4.79 Å². The van der Waals surface area contributed by atoms with E-state index in [1.54, 1.807) is 16.2 Å². The molecule has 0 radical (unpaired) electrons. The average Bonchev–Trinajstić information content (AvgIpc) is 2.77. The molecule has 5 heteroatoms. The second kappa shape index (κ2) is 6.20. The van der Waals surface area contributed by atoms with Crippen LogP contribution in [0.3, 0.4) is 0 Å². The van der Waals surface area contributed by atoms with Gasteiger partial charge in [-0.2, -0.15) is 0 Å². The van der Waals surface area contributed by atoms with E-state index in [-0.39, 0.29) is 5.91 Å². The molecule has 0 spiro atoms. The standard InChI is InChI=1S/C14H13Br2NOS/c1-9-4-3-5-11(13(9)16)14(18)17(2)7-10-6-12(15)19-8-10/h3-6,8H,7H2,1-2H3. The Kier molecular flexibility index (Phi) is 4.81. The van der Waals surface area contributed by atoms with Crippen molar-refractivity contribution in [3.63, 3.8) is 0 Å². The van der Waals surface area contributed by atoms with Crippen molar-refractivity contribution in [2.24, 2.45) is 0 Å². The summed E-state index contributed by atoms with van der Waals surface area (Å²) >= 11 is 8.55. The topological polar surface area (TPSA) is 20.3 Å². The van der Waals surface area contributed by atoms with Gasteiger partial charge in [0, 0.05) is 18.1 Å². The van der Waals surface area contributed by atoms with Crippen LogP contribution in [0.4, 0.5) is 0 Å². The van der Waals surface area contributed by atoms with Crippen molar-refractivity contribution in [3.8, 4) is 0 Å². The summed E-state index contributed by atoms with van der Waals surface area (Å²) in [6.45, 7) is 2.60. The molecule has 0 aliphatic rings. The van der Waals surface area contributed by atoms with E-state index >= 15 is 0 Å². The number of nitrogens with zero attached hydrogens (tertiary/aromatic N) is 1. The zero-order chi connectivity index (χ0) is 14.0. The minimum absolute atomic E-state index is 0.0258. The molecule has 2 rings (SSSR count). The van der Waals surface area contributed by atoms with Gasteiger partial charge in [0.15, 0.2) is 0 Å². The third-order valence-corrected chi connectivity index (χ3v) is 5.42. The minimum Gasteiger partial charge on any atom is -0.337 e. The van der Waals surface area contributed by atoms with Crippen LogP contribution in [0.1, 0.15) is 21.5 Å². The molecule has 0 N–H and O–H groups in total. The summed E-state index contributed by atoms with van der Waals surface area (Å²) in [5.41, 5.74) is 2.91. The summed E-state index contributed by atoms with van der Waals surface area (Å²) in [6.07, 6.45) is 0. The third-order valence-electron chi connectivity index (χ3n) is 2.81. The van der Waals surface area contributed by atoms with Crippen LogP contribution in [0.5, 0.6) is 0 Å².